The number of benzene rings is 2. The van der Waals surface area contributed by atoms with Gasteiger partial charge in [0.2, 0.25) is 6.61 Å². The summed E-state index contributed by atoms with van der Waals surface area (Å²) in [7, 11) is 0. The van der Waals surface area contributed by atoms with Gasteiger partial charge in [-0.1, -0.05) is 28.9 Å². The molecule has 0 aliphatic rings. The zero-order valence-electron chi connectivity index (χ0n) is 13.4. The second-order valence-electron chi connectivity index (χ2n) is 5.12. The number of alkyl halides is 3. The third kappa shape index (κ3) is 5.38. The number of nitrogens with zero attached hydrogens (tertiary/aromatic N) is 1. The van der Waals surface area contributed by atoms with Gasteiger partial charge < -0.3 is 14.7 Å². The van der Waals surface area contributed by atoms with E-state index < -0.39 is 24.3 Å². The van der Waals surface area contributed by atoms with Gasteiger partial charge in [-0.2, -0.15) is 13.2 Å². The molecular weight excluding hydrogens is 375 g/mol. The van der Waals surface area contributed by atoms with Crippen molar-refractivity contribution in [3.8, 4) is 11.5 Å². The lowest BCUT2D eigenvalue weighted by atomic mass is 10.1. The van der Waals surface area contributed by atoms with Crippen LogP contribution in [0.15, 0.2) is 47.6 Å². The van der Waals surface area contributed by atoms with Gasteiger partial charge in [0.25, 0.3) is 0 Å². The van der Waals surface area contributed by atoms with Crippen molar-refractivity contribution in [1.82, 2.24) is 0 Å². The first-order valence-electron chi connectivity index (χ1n) is 7.20. The van der Waals surface area contributed by atoms with Crippen molar-refractivity contribution >= 4 is 23.3 Å². The summed E-state index contributed by atoms with van der Waals surface area (Å²) in [4.78, 5) is 15.0. The highest BCUT2D eigenvalue weighted by atomic mass is 35.5. The van der Waals surface area contributed by atoms with Gasteiger partial charge in [-0.3, -0.25) is 0 Å². The van der Waals surface area contributed by atoms with E-state index >= 15 is 0 Å². The van der Waals surface area contributed by atoms with Crippen LogP contribution in [0.1, 0.15) is 18.1 Å². The molecule has 138 valence electrons. The molecule has 0 atom stereocenters. The van der Waals surface area contributed by atoms with E-state index in [1.54, 1.807) is 31.2 Å². The molecule has 0 aliphatic heterocycles. The standard InChI is InChI=1S/C17H13ClF3NO4/c1-10(22-25-9-16(23)24)11-3-2-4-13(7-11)26-15-6-5-12(8-14(15)18)17(19,20)21/h2-8H,9H2,1H3,(H,23,24)/b22-10-. The number of hydrogen-bond donors (Lipinski definition) is 1. The second kappa shape index (κ2) is 8.09. The van der Waals surface area contributed by atoms with Crippen LogP contribution < -0.4 is 4.74 Å². The van der Waals surface area contributed by atoms with E-state index in [1.165, 1.54) is 0 Å². The molecule has 9 heteroatoms. The van der Waals surface area contributed by atoms with Crippen molar-refractivity contribution in [3.05, 3.63) is 58.6 Å². The highest BCUT2D eigenvalue weighted by Gasteiger charge is 2.31. The van der Waals surface area contributed by atoms with Crippen molar-refractivity contribution < 1.29 is 32.6 Å². The van der Waals surface area contributed by atoms with Crippen LogP contribution in [-0.4, -0.2) is 23.4 Å². The van der Waals surface area contributed by atoms with Crippen molar-refractivity contribution in [2.45, 2.75) is 13.1 Å². The molecule has 0 saturated heterocycles. The van der Waals surface area contributed by atoms with E-state index in [0.29, 0.717) is 17.0 Å². The number of hydrogen-bond acceptors (Lipinski definition) is 4. The maximum atomic E-state index is 12.7. The molecule has 0 aliphatic carbocycles. The fourth-order valence-corrected chi connectivity index (χ4v) is 2.13. The second-order valence-corrected chi connectivity index (χ2v) is 5.52. The molecule has 0 unspecified atom stereocenters. The fraction of sp³-hybridized carbons (Fsp3) is 0.176. The molecular formula is C17H13ClF3NO4. The number of carbonyl (C=O) groups is 1. The van der Waals surface area contributed by atoms with Gasteiger partial charge in [-0.15, -0.1) is 0 Å². The number of carboxylic acid groups (broad SMARTS) is 1. The Morgan fingerprint density at radius 2 is 1.96 bits per heavy atom. The lowest BCUT2D eigenvalue weighted by Gasteiger charge is -2.12. The van der Waals surface area contributed by atoms with Gasteiger partial charge in [-0.25, -0.2) is 4.79 Å². The molecule has 1 N–H and O–H groups in total. The minimum atomic E-state index is -4.49. The van der Waals surface area contributed by atoms with E-state index in [4.69, 9.17) is 21.4 Å². The smallest absolute Gasteiger partial charge is 0.416 e. The topological polar surface area (TPSA) is 68.1 Å². The predicted molar refractivity (Wildman–Crippen MR) is 88.8 cm³/mol. The SMILES string of the molecule is C/C(=N/OCC(=O)O)c1cccc(Oc2ccc(C(F)(F)F)cc2Cl)c1. The summed E-state index contributed by atoms with van der Waals surface area (Å²) in [5.74, 6) is -0.777. The van der Waals surface area contributed by atoms with Crippen LogP contribution in [0.3, 0.4) is 0 Å². The summed E-state index contributed by atoms with van der Waals surface area (Å²) < 4.78 is 43.5. The molecule has 2 aromatic rings. The van der Waals surface area contributed by atoms with E-state index in [0.717, 1.165) is 18.2 Å². The average Bonchev–Trinajstić information content (AvgIpc) is 2.55. The Balaban J connectivity index is 2.17. The molecule has 0 amide bonds. The molecule has 0 heterocycles. The number of ether oxygens (including phenoxy) is 1. The zero-order chi connectivity index (χ0) is 19.3. The maximum Gasteiger partial charge on any atom is 0.416 e. The van der Waals surface area contributed by atoms with Crippen molar-refractivity contribution in [2.75, 3.05) is 6.61 Å². The Hall–Kier alpha value is -2.74. The van der Waals surface area contributed by atoms with Crippen LogP contribution in [-0.2, 0) is 15.8 Å². The number of halogens is 4. The summed E-state index contributed by atoms with van der Waals surface area (Å²) in [6, 6.07) is 9.27. The van der Waals surface area contributed by atoms with Gasteiger partial charge in [-0.05, 0) is 37.3 Å². The summed E-state index contributed by atoms with van der Waals surface area (Å²) in [5, 5.41) is 12.0. The number of oxime groups is 1. The van der Waals surface area contributed by atoms with Gasteiger partial charge in [0.1, 0.15) is 11.5 Å². The van der Waals surface area contributed by atoms with Crippen LogP contribution in [0, 0.1) is 0 Å². The van der Waals surface area contributed by atoms with Crippen LogP contribution in [0.5, 0.6) is 11.5 Å². The molecule has 0 radical (unpaired) electrons. The number of carboxylic acids is 1. The van der Waals surface area contributed by atoms with E-state index in [2.05, 4.69) is 9.99 Å². The first-order valence-corrected chi connectivity index (χ1v) is 7.58. The quantitative estimate of drug-likeness (QED) is 0.561. The van der Waals surface area contributed by atoms with Crippen LogP contribution in [0.2, 0.25) is 5.02 Å². The van der Waals surface area contributed by atoms with Gasteiger partial charge in [0.05, 0.1) is 16.3 Å². The Bertz CT molecular complexity index is 837. The normalized spacial score (nSPS) is 12.0. The molecule has 26 heavy (non-hydrogen) atoms. The summed E-state index contributed by atoms with van der Waals surface area (Å²) in [6.07, 6.45) is -4.49. The summed E-state index contributed by atoms with van der Waals surface area (Å²) in [5.41, 5.74) is 0.105. The van der Waals surface area contributed by atoms with Gasteiger partial charge in [0.15, 0.2) is 0 Å². The van der Waals surface area contributed by atoms with E-state index in [-0.39, 0.29) is 10.8 Å². The minimum absolute atomic E-state index is 0.0635. The molecule has 0 saturated carbocycles. The molecule has 0 fully saturated rings. The highest BCUT2D eigenvalue weighted by Crippen LogP contribution is 2.36. The maximum absolute atomic E-state index is 12.7. The van der Waals surface area contributed by atoms with Crippen molar-refractivity contribution in [3.63, 3.8) is 0 Å². The third-order valence-corrected chi connectivity index (χ3v) is 3.42. The number of aliphatic carboxylic acids is 1. The Morgan fingerprint density at radius 1 is 1.23 bits per heavy atom. The lowest BCUT2D eigenvalue weighted by molar-refractivity contribution is -0.142. The van der Waals surface area contributed by atoms with E-state index in [9.17, 15) is 18.0 Å². The Labute approximate surface area is 151 Å². The average molecular weight is 388 g/mol. The zero-order valence-corrected chi connectivity index (χ0v) is 14.1. The first kappa shape index (κ1) is 19.6. The molecule has 2 rings (SSSR count). The van der Waals surface area contributed by atoms with Crippen LogP contribution in [0.25, 0.3) is 0 Å². The fourth-order valence-electron chi connectivity index (χ4n) is 1.91. The predicted octanol–water partition coefficient (Wildman–Crippen LogP) is 4.98. The van der Waals surface area contributed by atoms with Crippen molar-refractivity contribution in [1.29, 1.82) is 0 Å². The first-order chi connectivity index (χ1) is 12.2. The van der Waals surface area contributed by atoms with Crippen LogP contribution >= 0.6 is 11.6 Å². The molecule has 0 spiro atoms. The lowest BCUT2D eigenvalue weighted by Crippen LogP contribution is -2.05. The van der Waals surface area contributed by atoms with Gasteiger partial charge >= 0.3 is 12.1 Å². The van der Waals surface area contributed by atoms with Crippen molar-refractivity contribution in [2.24, 2.45) is 5.16 Å². The monoisotopic (exact) mass is 387 g/mol. The molecule has 2 aromatic carbocycles. The molecule has 0 aromatic heterocycles. The highest BCUT2D eigenvalue weighted by molar-refractivity contribution is 6.32. The van der Waals surface area contributed by atoms with Crippen LogP contribution in [0.4, 0.5) is 13.2 Å². The largest absolute Gasteiger partial charge is 0.479 e. The summed E-state index contributed by atoms with van der Waals surface area (Å²) in [6.45, 7) is 1.03. The third-order valence-electron chi connectivity index (χ3n) is 3.13. The van der Waals surface area contributed by atoms with E-state index in [1.807, 2.05) is 0 Å². The Morgan fingerprint density at radius 3 is 2.58 bits per heavy atom. The van der Waals surface area contributed by atoms with Gasteiger partial charge in [0, 0.05) is 5.56 Å². The molecule has 5 nitrogen and oxygen atoms in total. The molecule has 0 bridgehead atoms. The summed E-state index contributed by atoms with van der Waals surface area (Å²) >= 11 is 5.86. The minimum Gasteiger partial charge on any atom is -0.479 e. The Kier molecular flexibility index (Phi) is 6.10. The number of rotatable bonds is 6.